The molecule has 0 aliphatic rings. The molecule has 4 nitrogen and oxygen atoms in total. The Morgan fingerprint density at radius 3 is 2.57 bits per heavy atom. The Balaban J connectivity index is 3.42. The number of carbonyl (C=O) groups excluding carboxylic acids is 1. The lowest BCUT2D eigenvalue weighted by Crippen LogP contribution is -2.03. The fraction of sp³-hybridized carbons (Fsp3) is 0.200. The van der Waals surface area contributed by atoms with Gasteiger partial charge in [-0.05, 0) is 19.1 Å². The molecule has 1 aromatic rings. The van der Waals surface area contributed by atoms with Crippen LogP contribution in [0.25, 0.3) is 0 Å². The molecule has 0 saturated carbocycles. The zero-order chi connectivity index (χ0) is 10.7. The number of methoxy groups -OCH3 is 1. The third-order valence-electron chi connectivity index (χ3n) is 2.00. The molecule has 0 amide bonds. The molecule has 0 aliphatic heterocycles. The van der Waals surface area contributed by atoms with E-state index in [4.69, 9.17) is 9.84 Å². The smallest absolute Gasteiger partial charge is 0.336 e. The summed E-state index contributed by atoms with van der Waals surface area (Å²) in [5, 5.41) is 8.81. The Kier molecular flexibility index (Phi) is 2.86. The number of rotatable bonds is 3. The topological polar surface area (TPSA) is 63.6 Å². The zero-order valence-corrected chi connectivity index (χ0v) is 7.90. The molecular formula is C10H10O4. The molecule has 0 fully saturated rings. The Morgan fingerprint density at radius 2 is 2.14 bits per heavy atom. The highest BCUT2D eigenvalue weighted by molar-refractivity contribution is 5.92. The van der Waals surface area contributed by atoms with Gasteiger partial charge in [-0.25, -0.2) is 4.79 Å². The minimum Gasteiger partial charge on any atom is -0.496 e. The lowest BCUT2D eigenvalue weighted by molar-refractivity contribution is 0.0695. The molecule has 1 aromatic carbocycles. The number of hydrogen-bond donors (Lipinski definition) is 1. The summed E-state index contributed by atoms with van der Waals surface area (Å²) in [5.41, 5.74) is 0.965. The normalized spacial score (nSPS) is 9.57. The number of benzene rings is 1. The molecule has 0 spiro atoms. The van der Waals surface area contributed by atoms with Gasteiger partial charge < -0.3 is 9.84 Å². The monoisotopic (exact) mass is 194 g/mol. The first-order chi connectivity index (χ1) is 6.61. The third kappa shape index (κ3) is 1.59. The van der Waals surface area contributed by atoms with Gasteiger partial charge in [0.05, 0.1) is 18.2 Å². The fourth-order valence-corrected chi connectivity index (χ4v) is 1.31. The van der Waals surface area contributed by atoms with Crippen LogP contribution in [0.1, 0.15) is 26.3 Å². The summed E-state index contributed by atoms with van der Waals surface area (Å²) >= 11 is 0. The van der Waals surface area contributed by atoms with Crippen molar-refractivity contribution in [2.75, 3.05) is 7.11 Å². The first kappa shape index (κ1) is 10.2. The van der Waals surface area contributed by atoms with E-state index in [0.717, 1.165) is 0 Å². The van der Waals surface area contributed by atoms with E-state index in [9.17, 15) is 9.59 Å². The number of hydrogen-bond acceptors (Lipinski definition) is 3. The van der Waals surface area contributed by atoms with E-state index in [1.54, 1.807) is 6.92 Å². The number of carboxylic acid groups (broad SMARTS) is 1. The average molecular weight is 194 g/mol. The van der Waals surface area contributed by atoms with Crippen molar-refractivity contribution >= 4 is 12.3 Å². The van der Waals surface area contributed by atoms with E-state index in [2.05, 4.69) is 0 Å². The molecule has 1 N–H and O–H groups in total. The van der Waals surface area contributed by atoms with Gasteiger partial charge in [-0.15, -0.1) is 0 Å². The highest BCUT2D eigenvalue weighted by atomic mass is 16.5. The first-order valence-corrected chi connectivity index (χ1v) is 3.98. The molecule has 0 aliphatic carbocycles. The summed E-state index contributed by atoms with van der Waals surface area (Å²) in [4.78, 5) is 21.3. The Bertz CT molecular complexity index is 382. The van der Waals surface area contributed by atoms with Gasteiger partial charge in [-0.2, -0.15) is 0 Å². The summed E-state index contributed by atoms with van der Waals surface area (Å²) in [6, 6.07) is 2.83. The van der Waals surface area contributed by atoms with Crippen molar-refractivity contribution in [1.29, 1.82) is 0 Å². The molecule has 74 valence electrons. The second kappa shape index (κ2) is 3.91. The molecule has 0 aromatic heterocycles. The molecule has 4 heteroatoms. The molecule has 1 rings (SSSR count). The first-order valence-electron chi connectivity index (χ1n) is 3.98. The van der Waals surface area contributed by atoms with Crippen molar-refractivity contribution in [3.63, 3.8) is 0 Å². The van der Waals surface area contributed by atoms with E-state index in [1.807, 2.05) is 0 Å². The molecule has 0 radical (unpaired) electrons. The third-order valence-corrected chi connectivity index (χ3v) is 2.00. The van der Waals surface area contributed by atoms with Gasteiger partial charge >= 0.3 is 5.97 Å². The lowest BCUT2D eigenvalue weighted by atomic mass is 10.0. The van der Waals surface area contributed by atoms with Crippen LogP contribution in [-0.4, -0.2) is 24.5 Å². The van der Waals surface area contributed by atoms with E-state index in [1.165, 1.54) is 19.2 Å². The van der Waals surface area contributed by atoms with Crippen LogP contribution < -0.4 is 4.74 Å². The fourth-order valence-electron chi connectivity index (χ4n) is 1.31. The minimum atomic E-state index is -1.03. The molecule has 14 heavy (non-hydrogen) atoms. The van der Waals surface area contributed by atoms with Crippen molar-refractivity contribution in [1.82, 2.24) is 0 Å². The summed E-state index contributed by atoms with van der Waals surface area (Å²) in [5.74, 6) is -0.710. The Hall–Kier alpha value is -1.84. The Labute approximate surface area is 81.1 Å². The van der Waals surface area contributed by atoms with Crippen LogP contribution in [0.5, 0.6) is 5.75 Å². The number of ether oxygens (including phenoxy) is 1. The quantitative estimate of drug-likeness (QED) is 0.741. The maximum absolute atomic E-state index is 10.7. The maximum Gasteiger partial charge on any atom is 0.336 e. The SMILES string of the molecule is COc1c(C=O)ccc(C(=O)O)c1C. The van der Waals surface area contributed by atoms with Crippen LogP contribution in [0.4, 0.5) is 0 Å². The Morgan fingerprint density at radius 1 is 1.50 bits per heavy atom. The van der Waals surface area contributed by atoms with Crippen molar-refractivity contribution in [2.45, 2.75) is 6.92 Å². The van der Waals surface area contributed by atoms with Crippen LogP contribution >= 0.6 is 0 Å². The van der Waals surface area contributed by atoms with Crippen LogP contribution in [0.15, 0.2) is 12.1 Å². The van der Waals surface area contributed by atoms with Crippen LogP contribution in [0, 0.1) is 6.92 Å². The van der Waals surface area contributed by atoms with Gasteiger partial charge in [0.25, 0.3) is 0 Å². The van der Waals surface area contributed by atoms with Crippen molar-refractivity contribution in [3.8, 4) is 5.75 Å². The number of carbonyl (C=O) groups is 2. The zero-order valence-electron chi connectivity index (χ0n) is 7.90. The number of aromatic carboxylic acids is 1. The van der Waals surface area contributed by atoms with Crippen molar-refractivity contribution in [3.05, 3.63) is 28.8 Å². The minimum absolute atomic E-state index is 0.146. The number of aldehydes is 1. The lowest BCUT2D eigenvalue weighted by Gasteiger charge is -2.09. The average Bonchev–Trinajstić information content (AvgIpc) is 2.16. The highest BCUT2D eigenvalue weighted by Gasteiger charge is 2.14. The van der Waals surface area contributed by atoms with Crippen molar-refractivity contribution in [2.24, 2.45) is 0 Å². The highest BCUT2D eigenvalue weighted by Crippen LogP contribution is 2.25. The van der Waals surface area contributed by atoms with Crippen LogP contribution in [0.2, 0.25) is 0 Å². The van der Waals surface area contributed by atoms with E-state index in [0.29, 0.717) is 23.2 Å². The molecule has 0 saturated heterocycles. The summed E-state index contributed by atoms with van der Waals surface area (Å²) in [6.07, 6.45) is 0.636. The van der Waals surface area contributed by atoms with Gasteiger partial charge in [0, 0.05) is 5.56 Å². The van der Waals surface area contributed by atoms with Crippen molar-refractivity contribution < 1.29 is 19.4 Å². The van der Waals surface area contributed by atoms with Gasteiger partial charge in [-0.3, -0.25) is 4.79 Å². The summed E-state index contributed by atoms with van der Waals surface area (Å²) in [7, 11) is 1.40. The molecular weight excluding hydrogens is 184 g/mol. The number of carboxylic acids is 1. The largest absolute Gasteiger partial charge is 0.496 e. The summed E-state index contributed by atoms with van der Waals surface area (Å²) < 4.78 is 4.96. The second-order valence-corrected chi connectivity index (χ2v) is 2.78. The standard InChI is InChI=1S/C10H10O4/c1-6-8(10(12)13)4-3-7(5-11)9(6)14-2/h3-5H,1-2H3,(H,12,13). The van der Waals surface area contributed by atoms with Gasteiger partial charge in [0.15, 0.2) is 6.29 Å². The van der Waals surface area contributed by atoms with E-state index >= 15 is 0 Å². The van der Waals surface area contributed by atoms with Crippen LogP contribution in [-0.2, 0) is 0 Å². The van der Waals surface area contributed by atoms with E-state index < -0.39 is 5.97 Å². The van der Waals surface area contributed by atoms with Crippen LogP contribution in [0.3, 0.4) is 0 Å². The van der Waals surface area contributed by atoms with Gasteiger partial charge in [0.1, 0.15) is 5.75 Å². The molecule has 0 heterocycles. The van der Waals surface area contributed by atoms with Gasteiger partial charge in [0.2, 0.25) is 0 Å². The summed E-state index contributed by atoms with van der Waals surface area (Å²) in [6.45, 7) is 1.61. The van der Waals surface area contributed by atoms with E-state index in [-0.39, 0.29) is 5.56 Å². The van der Waals surface area contributed by atoms with Gasteiger partial charge in [-0.1, -0.05) is 0 Å². The maximum atomic E-state index is 10.7. The second-order valence-electron chi connectivity index (χ2n) is 2.78. The molecule has 0 bridgehead atoms. The molecule has 0 atom stereocenters. The predicted octanol–water partition coefficient (Wildman–Crippen LogP) is 1.51. The predicted molar refractivity (Wildman–Crippen MR) is 50.1 cm³/mol. The molecule has 0 unspecified atom stereocenters.